The van der Waals surface area contributed by atoms with E-state index < -0.39 is 0 Å². The lowest BCUT2D eigenvalue weighted by Gasteiger charge is -2.05. The first-order valence-electron chi connectivity index (χ1n) is 5.75. The number of hydrogen-bond acceptors (Lipinski definition) is 7. The average molecular weight is 263 g/mol. The Morgan fingerprint density at radius 2 is 1.65 bits per heavy atom. The smallest absolute Gasteiger partial charge is 0.186 e. The molecule has 4 N–H and O–H groups in total. The van der Waals surface area contributed by atoms with Gasteiger partial charge >= 0.3 is 0 Å². The van der Waals surface area contributed by atoms with Crippen LogP contribution in [0.5, 0.6) is 0 Å². The van der Waals surface area contributed by atoms with Crippen LogP contribution in [-0.4, -0.2) is 19.9 Å². The Balaban J connectivity index is 2.28. The van der Waals surface area contributed by atoms with E-state index in [-0.39, 0.29) is 28.5 Å². The van der Waals surface area contributed by atoms with Crippen LogP contribution in [0.4, 0.5) is 11.6 Å². The van der Waals surface area contributed by atoms with Gasteiger partial charge < -0.3 is 11.5 Å². The largest absolute Gasteiger partial charge is 0.382 e. The fraction of sp³-hybridized carbons (Fsp3) is 0. The fourth-order valence-electron chi connectivity index (χ4n) is 1.78. The quantitative estimate of drug-likeness (QED) is 0.673. The van der Waals surface area contributed by atoms with Gasteiger partial charge in [-0.2, -0.15) is 5.26 Å². The molecule has 0 unspecified atom stereocenters. The molecule has 2 heterocycles. The van der Waals surface area contributed by atoms with Crippen molar-refractivity contribution in [1.29, 1.82) is 5.26 Å². The number of rotatable bonds is 1. The topological polar surface area (TPSA) is 127 Å². The maximum Gasteiger partial charge on any atom is 0.186 e. The number of hydrogen-bond donors (Lipinski definition) is 2. The fourth-order valence-corrected chi connectivity index (χ4v) is 1.78. The van der Waals surface area contributed by atoms with Crippen LogP contribution in [0.3, 0.4) is 0 Å². The Kier molecular flexibility index (Phi) is 2.62. The third kappa shape index (κ3) is 1.85. The van der Waals surface area contributed by atoms with Crippen LogP contribution in [0.15, 0.2) is 30.3 Å². The highest BCUT2D eigenvalue weighted by Crippen LogP contribution is 2.22. The van der Waals surface area contributed by atoms with E-state index in [0.717, 1.165) is 5.56 Å². The second-order valence-corrected chi connectivity index (χ2v) is 4.04. The summed E-state index contributed by atoms with van der Waals surface area (Å²) in [7, 11) is 0. The summed E-state index contributed by atoms with van der Waals surface area (Å²) in [4.78, 5) is 16.6. The summed E-state index contributed by atoms with van der Waals surface area (Å²) >= 11 is 0. The molecule has 3 rings (SSSR count). The molecule has 0 atom stereocenters. The van der Waals surface area contributed by atoms with Gasteiger partial charge in [0.1, 0.15) is 6.07 Å². The highest BCUT2D eigenvalue weighted by atomic mass is 15.0. The van der Waals surface area contributed by atoms with E-state index in [1.807, 2.05) is 36.4 Å². The Labute approximate surface area is 113 Å². The van der Waals surface area contributed by atoms with Gasteiger partial charge in [0.2, 0.25) is 0 Å². The molecule has 0 amide bonds. The molecule has 0 radical (unpaired) electrons. The third-order valence-electron chi connectivity index (χ3n) is 2.72. The van der Waals surface area contributed by atoms with Crippen molar-refractivity contribution < 1.29 is 0 Å². The lowest BCUT2D eigenvalue weighted by molar-refractivity contribution is 1.15. The Hall–Kier alpha value is -3.27. The van der Waals surface area contributed by atoms with E-state index in [1.165, 1.54) is 0 Å². The van der Waals surface area contributed by atoms with Gasteiger partial charge in [0, 0.05) is 5.56 Å². The predicted octanol–water partition coefficient (Wildman–Crippen LogP) is 1.12. The van der Waals surface area contributed by atoms with Gasteiger partial charge in [-0.25, -0.2) is 19.9 Å². The van der Waals surface area contributed by atoms with Crippen LogP contribution in [0, 0.1) is 11.3 Å². The summed E-state index contributed by atoms with van der Waals surface area (Å²) in [5, 5.41) is 8.89. The standard InChI is InChI=1S/C13H9N7/c14-6-8-10(15)18-13-9(17-8)11(16)19-12(20-13)7-4-2-1-3-5-7/h1-5H,(H4,15,16,18,19,20). The van der Waals surface area contributed by atoms with Crippen molar-refractivity contribution in [3.63, 3.8) is 0 Å². The van der Waals surface area contributed by atoms with E-state index in [9.17, 15) is 0 Å². The number of nitrogens with zero attached hydrogens (tertiary/aromatic N) is 5. The number of aromatic nitrogens is 4. The summed E-state index contributed by atoms with van der Waals surface area (Å²) in [6.07, 6.45) is 0. The zero-order valence-electron chi connectivity index (χ0n) is 10.3. The molecule has 0 aliphatic carbocycles. The Morgan fingerprint density at radius 3 is 2.35 bits per heavy atom. The number of nitrogen functional groups attached to an aromatic ring is 2. The van der Waals surface area contributed by atoms with Crippen molar-refractivity contribution in [3.8, 4) is 17.5 Å². The van der Waals surface area contributed by atoms with Gasteiger partial charge in [-0.3, -0.25) is 0 Å². The molecule has 0 bridgehead atoms. The third-order valence-corrected chi connectivity index (χ3v) is 2.72. The van der Waals surface area contributed by atoms with Crippen molar-refractivity contribution in [2.24, 2.45) is 0 Å². The number of anilines is 2. The predicted molar refractivity (Wildman–Crippen MR) is 74.1 cm³/mol. The maximum atomic E-state index is 8.89. The molecule has 96 valence electrons. The molecule has 3 aromatic rings. The zero-order valence-corrected chi connectivity index (χ0v) is 10.3. The van der Waals surface area contributed by atoms with Crippen molar-refractivity contribution in [2.75, 3.05) is 11.5 Å². The minimum absolute atomic E-state index is 0.0141. The zero-order chi connectivity index (χ0) is 14.1. The molecule has 0 aliphatic heterocycles. The lowest BCUT2D eigenvalue weighted by Crippen LogP contribution is -2.05. The van der Waals surface area contributed by atoms with Crippen molar-refractivity contribution in [3.05, 3.63) is 36.0 Å². The van der Waals surface area contributed by atoms with Crippen molar-refractivity contribution in [1.82, 2.24) is 19.9 Å². The highest BCUT2D eigenvalue weighted by Gasteiger charge is 2.12. The number of fused-ring (bicyclic) bond motifs is 1. The van der Waals surface area contributed by atoms with Gasteiger partial charge in [0.15, 0.2) is 34.3 Å². The van der Waals surface area contributed by atoms with E-state index >= 15 is 0 Å². The van der Waals surface area contributed by atoms with Crippen LogP contribution >= 0.6 is 0 Å². The lowest BCUT2D eigenvalue weighted by atomic mass is 10.2. The van der Waals surface area contributed by atoms with Crippen LogP contribution < -0.4 is 11.5 Å². The van der Waals surface area contributed by atoms with Crippen LogP contribution in [-0.2, 0) is 0 Å². The second kappa shape index (κ2) is 4.44. The Morgan fingerprint density at radius 1 is 0.900 bits per heavy atom. The van der Waals surface area contributed by atoms with E-state index in [1.54, 1.807) is 0 Å². The van der Waals surface area contributed by atoms with Gasteiger partial charge in [-0.15, -0.1) is 0 Å². The molecular weight excluding hydrogens is 254 g/mol. The molecule has 7 heteroatoms. The molecule has 0 aliphatic rings. The summed E-state index contributed by atoms with van der Waals surface area (Å²) in [6, 6.07) is 11.2. The average Bonchev–Trinajstić information content (AvgIpc) is 2.47. The number of benzene rings is 1. The maximum absolute atomic E-state index is 8.89. The number of nitriles is 1. The summed E-state index contributed by atoms with van der Waals surface area (Å²) < 4.78 is 0. The molecule has 0 saturated heterocycles. The van der Waals surface area contributed by atoms with Gasteiger partial charge in [0.25, 0.3) is 0 Å². The molecule has 0 fully saturated rings. The van der Waals surface area contributed by atoms with Crippen LogP contribution in [0.25, 0.3) is 22.6 Å². The monoisotopic (exact) mass is 263 g/mol. The SMILES string of the molecule is N#Cc1nc2c(N)nc(-c3ccccc3)nc2nc1N. The molecule has 1 aromatic carbocycles. The summed E-state index contributed by atoms with van der Waals surface area (Å²) in [6.45, 7) is 0. The molecule has 7 nitrogen and oxygen atoms in total. The molecule has 20 heavy (non-hydrogen) atoms. The normalized spacial score (nSPS) is 10.3. The van der Waals surface area contributed by atoms with Crippen LogP contribution in [0.1, 0.15) is 5.69 Å². The highest BCUT2D eigenvalue weighted by molar-refractivity contribution is 5.84. The molecular formula is C13H9N7. The first kappa shape index (κ1) is 11.8. The van der Waals surface area contributed by atoms with Gasteiger partial charge in [-0.1, -0.05) is 30.3 Å². The van der Waals surface area contributed by atoms with Crippen molar-refractivity contribution >= 4 is 22.8 Å². The van der Waals surface area contributed by atoms with E-state index in [4.69, 9.17) is 16.7 Å². The van der Waals surface area contributed by atoms with Gasteiger partial charge in [-0.05, 0) is 0 Å². The summed E-state index contributed by atoms with van der Waals surface area (Å²) in [5.74, 6) is 0.629. The minimum Gasteiger partial charge on any atom is -0.382 e. The molecule has 0 spiro atoms. The molecule has 0 saturated carbocycles. The van der Waals surface area contributed by atoms with E-state index in [0.29, 0.717) is 5.82 Å². The molecule has 2 aromatic heterocycles. The summed E-state index contributed by atoms with van der Waals surface area (Å²) in [5.41, 5.74) is 12.9. The first-order chi connectivity index (χ1) is 9.69. The first-order valence-corrected chi connectivity index (χ1v) is 5.75. The van der Waals surface area contributed by atoms with Crippen LogP contribution in [0.2, 0.25) is 0 Å². The Bertz CT molecular complexity index is 837. The second-order valence-electron chi connectivity index (χ2n) is 4.04. The number of nitrogens with two attached hydrogens (primary N) is 2. The minimum atomic E-state index is 0.0141. The van der Waals surface area contributed by atoms with Crippen molar-refractivity contribution in [2.45, 2.75) is 0 Å². The van der Waals surface area contributed by atoms with Gasteiger partial charge in [0.05, 0.1) is 0 Å². The van der Waals surface area contributed by atoms with E-state index in [2.05, 4.69) is 19.9 Å².